The van der Waals surface area contributed by atoms with Crippen LogP contribution in [0.4, 0.5) is 11.7 Å². The second-order valence-corrected chi connectivity index (χ2v) is 5.28. The van der Waals surface area contributed by atoms with Gasteiger partial charge in [0.1, 0.15) is 11.4 Å². The standard InChI is InChI=1S/C12H10N4O2S/c1-6-5-8-10(17)4-3-9(11(8)19-6)14-15-12-13-7(2)16-18-12/h3-5,17H,1-2H3. The molecule has 0 spiro atoms. The molecule has 7 heteroatoms. The first kappa shape index (κ1) is 11.8. The summed E-state index contributed by atoms with van der Waals surface area (Å²) in [6.45, 7) is 3.69. The summed E-state index contributed by atoms with van der Waals surface area (Å²) < 4.78 is 5.75. The topological polar surface area (TPSA) is 83.9 Å². The molecule has 3 rings (SSSR count). The number of aromatic nitrogens is 2. The summed E-state index contributed by atoms with van der Waals surface area (Å²) in [5, 5.41) is 22.2. The number of phenols is 1. The van der Waals surface area contributed by atoms with Gasteiger partial charge in [-0.15, -0.1) is 16.5 Å². The lowest BCUT2D eigenvalue weighted by Crippen LogP contribution is -1.70. The molecule has 0 aliphatic carbocycles. The lowest BCUT2D eigenvalue weighted by Gasteiger charge is -1.97. The van der Waals surface area contributed by atoms with Crippen LogP contribution in [0.3, 0.4) is 0 Å². The number of azo groups is 1. The molecule has 1 aromatic carbocycles. The van der Waals surface area contributed by atoms with E-state index in [0.29, 0.717) is 11.5 Å². The second kappa shape index (κ2) is 4.43. The Morgan fingerprint density at radius 3 is 2.84 bits per heavy atom. The van der Waals surface area contributed by atoms with Crippen LogP contribution < -0.4 is 0 Å². The maximum atomic E-state index is 9.79. The molecule has 0 saturated carbocycles. The van der Waals surface area contributed by atoms with E-state index >= 15 is 0 Å². The highest BCUT2D eigenvalue weighted by molar-refractivity contribution is 7.19. The zero-order chi connectivity index (χ0) is 13.4. The molecule has 3 aromatic rings. The Hall–Kier alpha value is -2.28. The minimum atomic E-state index is 0.118. The number of thiophene rings is 1. The first-order valence-corrected chi connectivity index (χ1v) is 6.39. The van der Waals surface area contributed by atoms with Crippen LogP contribution in [-0.2, 0) is 0 Å². The molecular formula is C12H10N4O2S. The summed E-state index contributed by atoms with van der Waals surface area (Å²) in [6.07, 6.45) is 0. The van der Waals surface area contributed by atoms with Gasteiger partial charge in [-0.25, -0.2) is 0 Å². The number of fused-ring (bicyclic) bond motifs is 1. The van der Waals surface area contributed by atoms with E-state index in [1.165, 1.54) is 0 Å². The average molecular weight is 274 g/mol. The summed E-state index contributed by atoms with van der Waals surface area (Å²) in [6, 6.07) is 5.35. The van der Waals surface area contributed by atoms with E-state index in [1.807, 2.05) is 13.0 Å². The van der Waals surface area contributed by atoms with Crippen molar-refractivity contribution in [3.05, 3.63) is 28.9 Å². The van der Waals surface area contributed by atoms with Crippen molar-refractivity contribution in [3.8, 4) is 5.75 Å². The number of aromatic hydroxyl groups is 1. The van der Waals surface area contributed by atoms with Crippen LogP contribution in [-0.4, -0.2) is 15.2 Å². The van der Waals surface area contributed by atoms with Gasteiger partial charge in [-0.1, -0.05) is 10.3 Å². The summed E-state index contributed by atoms with van der Waals surface area (Å²) >= 11 is 1.55. The maximum Gasteiger partial charge on any atom is 0.366 e. The second-order valence-electron chi connectivity index (χ2n) is 4.03. The van der Waals surface area contributed by atoms with Crippen LogP contribution in [0, 0.1) is 13.8 Å². The Morgan fingerprint density at radius 1 is 1.26 bits per heavy atom. The SMILES string of the molecule is Cc1noc(N=Nc2ccc(O)c3cc(C)sc23)n1. The smallest absolute Gasteiger partial charge is 0.366 e. The van der Waals surface area contributed by atoms with Crippen LogP contribution in [0.15, 0.2) is 33.0 Å². The van der Waals surface area contributed by atoms with Crippen molar-refractivity contribution >= 4 is 33.1 Å². The zero-order valence-corrected chi connectivity index (χ0v) is 11.1. The molecule has 0 saturated heterocycles. The van der Waals surface area contributed by atoms with Crippen LogP contribution in [0.1, 0.15) is 10.7 Å². The molecule has 0 aliphatic heterocycles. The number of aryl methyl sites for hydroxylation is 2. The Kier molecular flexibility index (Phi) is 2.75. The number of benzene rings is 1. The lowest BCUT2D eigenvalue weighted by atomic mass is 10.2. The molecule has 0 atom stereocenters. The Bertz CT molecular complexity index is 775. The zero-order valence-electron chi connectivity index (χ0n) is 10.3. The van der Waals surface area contributed by atoms with Gasteiger partial charge < -0.3 is 9.63 Å². The minimum Gasteiger partial charge on any atom is -0.507 e. The van der Waals surface area contributed by atoms with Crippen molar-refractivity contribution in [1.82, 2.24) is 10.1 Å². The summed E-state index contributed by atoms with van der Waals surface area (Å²) in [4.78, 5) is 5.04. The van der Waals surface area contributed by atoms with Gasteiger partial charge in [0.25, 0.3) is 0 Å². The molecule has 0 fully saturated rings. The number of hydrogen-bond donors (Lipinski definition) is 1. The van der Waals surface area contributed by atoms with E-state index in [9.17, 15) is 5.11 Å². The Morgan fingerprint density at radius 2 is 2.11 bits per heavy atom. The van der Waals surface area contributed by atoms with Crippen molar-refractivity contribution in [3.63, 3.8) is 0 Å². The van der Waals surface area contributed by atoms with Crippen molar-refractivity contribution in [2.45, 2.75) is 13.8 Å². The summed E-state index contributed by atoms with van der Waals surface area (Å²) in [5.74, 6) is 0.753. The summed E-state index contributed by atoms with van der Waals surface area (Å²) in [7, 11) is 0. The molecule has 0 bridgehead atoms. The molecule has 96 valence electrons. The maximum absolute atomic E-state index is 9.79. The van der Waals surface area contributed by atoms with Crippen molar-refractivity contribution in [1.29, 1.82) is 0 Å². The van der Waals surface area contributed by atoms with Gasteiger partial charge in [0.15, 0.2) is 5.82 Å². The van der Waals surface area contributed by atoms with Crippen LogP contribution in [0.25, 0.3) is 10.1 Å². The lowest BCUT2D eigenvalue weighted by molar-refractivity contribution is 0.421. The highest BCUT2D eigenvalue weighted by Crippen LogP contribution is 2.39. The fraction of sp³-hybridized carbons (Fsp3) is 0.167. The number of rotatable bonds is 2. The van der Waals surface area contributed by atoms with E-state index in [0.717, 1.165) is 15.0 Å². The Labute approximate surface area is 112 Å². The fourth-order valence-electron chi connectivity index (χ4n) is 1.72. The largest absolute Gasteiger partial charge is 0.507 e. The van der Waals surface area contributed by atoms with Crippen molar-refractivity contribution in [2.75, 3.05) is 0 Å². The van der Waals surface area contributed by atoms with E-state index < -0.39 is 0 Å². The highest BCUT2D eigenvalue weighted by Gasteiger charge is 2.09. The van der Waals surface area contributed by atoms with Gasteiger partial charge in [-0.3, -0.25) is 0 Å². The minimum absolute atomic E-state index is 0.118. The molecule has 0 aliphatic rings. The molecule has 0 radical (unpaired) electrons. The van der Waals surface area contributed by atoms with E-state index in [4.69, 9.17) is 4.52 Å². The first-order chi connectivity index (χ1) is 9.13. The number of nitrogens with zero attached hydrogens (tertiary/aromatic N) is 4. The molecule has 6 nitrogen and oxygen atoms in total. The summed E-state index contributed by atoms with van der Waals surface area (Å²) in [5.41, 5.74) is 0.668. The monoisotopic (exact) mass is 274 g/mol. The molecule has 2 aromatic heterocycles. The van der Waals surface area contributed by atoms with E-state index in [2.05, 4.69) is 20.4 Å². The normalized spacial score (nSPS) is 11.7. The molecule has 1 N–H and O–H groups in total. The third-order valence-electron chi connectivity index (χ3n) is 2.52. The number of hydrogen-bond acceptors (Lipinski definition) is 7. The predicted octanol–water partition coefficient (Wildman–Crippen LogP) is 4.02. The van der Waals surface area contributed by atoms with Gasteiger partial charge in [-0.05, 0) is 32.0 Å². The van der Waals surface area contributed by atoms with Gasteiger partial charge in [-0.2, -0.15) is 4.98 Å². The van der Waals surface area contributed by atoms with Crippen LogP contribution in [0.2, 0.25) is 0 Å². The third-order valence-corrected chi connectivity index (χ3v) is 3.60. The van der Waals surface area contributed by atoms with Crippen molar-refractivity contribution < 1.29 is 9.63 Å². The molecule has 2 heterocycles. The first-order valence-electron chi connectivity index (χ1n) is 5.57. The van der Waals surface area contributed by atoms with Gasteiger partial charge in [0.05, 0.1) is 4.70 Å². The van der Waals surface area contributed by atoms with Crippen molar-refractivity contribution in [2.24, 2.45) is 10.2 Å². The van der Waals surface area contributed by atoms with Gasteiger partial charge in [0.2, 0.25) is 0 Å². The molecular weight excluding hydrogens is 264 g/mol. The Balaban J connectivity index is 2.05. The van der Waals surface area contributed by atoms with Gasteiger partial charge >= 0.3 is 6.01 Å². The number of phenolic OH excluding ortho intramolecular Hbond substituents is 1. The van der Waals surface area contributed by atoms with Crippen LogP contribution >= 0.6 is 11.3 Å². The highest BCUT2D eigenvalue weighted by atomic mass is 32.1. The fourth-order valence-corrected chi connectivity index (χ4v) is 2.71. The molecule has 0 unspecified atom stereocenters. The molecule has 19 heavy (non-hydrogen) atoms. The quantitative estimate of drug-likeness (QED) is 0.715. The molecule has 0 amide bonds. The average Bonchev–Trinajstić information content (AvgIpc) is 2.95. The van der Waals surface area contributed by atoms with Gasteiger partial charge in [0, 0.05) is 10.3 Å². The van der Waals surface area contributed by atoms with E-state index in [1.54, 1.807) is 30.4 Å². The predicted molar refractivity (Wildman–Crippen MR) is 71.4 cm³/mol. The van der Waals surface area contributed by atoms with E-state index in [-0.39, 0.29) is 11.8 Å². The third kappa shape index (κ3) is 2.19. The van der Waals surface area contributed by atoms with Crippen LogP contribution in [0.5, 0.6) is 5.75 Å².